The molecule has 0 spiro atoms. The van der Waals surface area contributed by atoms with E-state index >= 15 is 0 Å². The third-order valence-corrected chi connectivity index (χ3v) is 4.47. The third kappa shape index (κ3) is 3.37. The Bertz CT molecular complexity index is 748. The quantitative estimate of drug-likeness (QED) is 0.885. The Morgan fingerprint density at radius 1 is 1.29 bits per heavy atom. The van der Waals surface area contributed by atoms with Crippen molar-refractivity contribution < 1.29 is 12.8 Å². The van der Waals surface area contributed by atoms with Crippen LogP contribution in [0.1, 0.15) is 18.1 Å². The average Bonchev–Trinajstić information content (AvgIpc) is 2.48. The lowest BCUT2D eigenvalue weighted by Gasteiger charge is -2.11. The van der Waals surface area contributed by atoms with E-state index in [1.807, 2.05) is 6.92 Å². The Morgan fingerprint density at radius 3 is 2.67 bits per heavy atom. The lowest BCUT2D eigenvalue weighted by atomic mass is 10.1. The van der Waals surface area contributed by atoms with E-state index in [0.717, 1.165) is 23.7 Å². The highest BCUT2D eigenvalue weighted by atomic mass is 32.2. The highest BCUT2D eigenvalue weighted by molar-refractivity contribution is 7.92. The van der Waals surface area contributed by atoms with Crippen LogP contribution in [-0.4, -0.2) is 13.4 Å². The number of pyridine rings is 1. The van der Waals surface area contributed by atoms with Crippen molar-refractivity contribution in [2.45, 2.75) is 24.8 Å². The summed E-state index contributed by atoms with van der Waals surface area (Å²) < 4.78 is 40.3. The summed E-state index contributed by atoms with van der Waals surface area (Å²) in [5.41, 5.74) is 7.24. The molecule has 1 heterocycles. The van der Waals surface area contributed by atoms with Crippen LogP contribution >= 0.6 is 0 Å². The van der Waals surface area contributed by atoms with Gasteiger partial charge in [-0.25, -0.2) is 12.8 Å². The molecular weight excluding hydrogens is 293 g/mol. The van der Waals surface area contributed by atoms with Crippen molar-refractivity contribution in [3.8, 4) is 0 Å². The maximum Gasteiger partial charge on any atom is 0.261 e. The highest BCUT2D eigenvalue weighted by Gasteiger charge is 2.17. The topological polar surface area (TPSA) is 85.1 Å². The summed E-state index contributed by atoms with van der Waals surface area (Å²) in [6.45, 7) is 2.21. The molecular formula is C14H16FN3O2S. The molecule has 0 aliphatic carbocycles. The van der Waals surface area contributed by atoms with Gasteiger partial charge in [0, 0.05) is 12.7 Å². The van der Waals surface area contributed by atoms with Crippen molar-refractivity contribution in [2.24, 2.45) is 5.73 Å². The Labute approximate surface area is 123 Å². The van der Waals surface area contributed by atoms with Crippen LogP contribution in [0, 0.1) is 5.82 Å². The first-order chi connectivity index (χ1) is 9.97. The first kappa shape index (κ1) is 15.4. The van der Waals surface area contributed by atoms with Crippen molar-refractivity contribution >= 4 is 15.7 Å². The van der Waals surface area contributed by atoms with Crippen LogP contribution in [0.2, 0.25) is 0 Å². The molecule has 1 aromatic heterocycles. The summed E-state index contributed by atoms with van der Waals surface area (Å²) >= 11 is 0. The minimum atomic E-state index is -3.87. The van der Waals surface area contributed by atoms with E-state index in [0.29, 0.717) is 0 Å². The zero-order chi connectivity index (χ0) is 15.5. The number of aryl methyl sites for hydroxylation is 1. The molecule has 0 atom stereocenters. The van der Waals surface area contributed by atoms with Gasteiger partial charge in [-0.15, -0.1) is 0 Å². The highest BCUT2D eigenvalue weighted by Crippen LogP contribution is 2.21. The summed E-state index contributed by atoms with van der Waals surface area (Å²) in [4.78, 5) is 3.62. The molecule has 7 heteroatoms. The minimum absolute atomic E-state index is 0.0522. The number of sulfonamides is 1. The van der Waals surface area contributed by atoms with Crippen molar-refractivity contribution in [3.63, 3.8) is 0 Å². The molecule has 0 saturated carbocycles. The molecule has 0 saturated heterocycles. The normalized spacial score (nSPS) is 11.4. The van der Waals surface area contributed by atoms with Crippen molar-refractivity contribution in [3.05, 3.63) is 53.6 Å². The van der Waals surface area contributed by atoms with Crippen LogP contribution in [0.3, 0.4) is 0 Å². The van der Waals surface area contributed by atoms with Gasteiger partial charge in [-0.2, -0.15) is 0 Å². The standard InChI is InChI=1S/C14H16FN3O2S/c1-2-10-3-4-12(7-11(10)8-16)21(19,20)18-14-5-6-17-9-13(14)15/h3-7,9H,2,8,16H2,1H3,(H,17,18). The number of nitrogens with one attached hydrogen (secondary N) is 1. The van der Waals surface area contributed by atoms with Crippen LogP contribution in [0.25, 0.3) is 0 Å². The molecule has 2 aromatic rings. The zero-order valence-corrected chi connectivity index (χ0v) is 12.3. The number of nitrogens with two attached hydrogens (primary N) is 1. The molecule has 112 valence electrons. The molecule has 0 fully saturated rings. The smallest absolute Gasteiger partial charge is 0.261 e. The van der Waals surface area contributed by atoms with Gasteiger partial charge in [0.05, 0.1) is 16.8 Å². The Kier molecular flexibility index (Phi) is 4.54. The maximum absolute atomic E-state index is 13.5. The maximum atomic E-state index is 13.5. The van der Waals surface area contributed by atoms with Gasteiger partial charge in [-0.1, -0.05) is 13.0 Å². The van der Waals surface area contributed by atoms with E-state index in [-0.39, 0.29) is 17.1 Å². The van der Waals surface area contributed by atoms with Gasteiger partial charge < -0.3 is 5.73 Å². The van der Waals surface area contributed by atoms with Gasteiger partial charge in [0.15, 0.2) is 5.82 Å². The summed E-state index contributed by atoms with van der Waals surface area (Å²) in [5.74, 6) is -0.731. The predicted octanol–water partition coefficient (Wildman–Crippen LogP) is 2.04. The average molecular weight is 309 g/mol. The lowest BCUT2D eigenvalue weighted by molar-refractivity contribution is 0.597. The summed E-state index contributed by atoms with van der Waals surface area (Å²) in [7, 11) is -3.87. The van der Waals surface area contributed by atoms with Gasteiger partial charge in [0.25, 0.3) is 10.0 Å². The second-order valence-corrected chi connectivity index (χ2v) is 6.13. The Hall–Kier alpha value is -1.99. The lowest BCUT2D eigenvalue weighted by Crippen LogP contribution is -2.15. The number of hydrogen-bond acceptors (Lipinski definition) is 4. The number of benzene rings is 1. The molecule has 0 aliphatic heterocycles. The third-order valence-electron chi connectivity index (χ3n) is 3.11. The van der Waals surface area contributed by atoms with Crippen molar-refractivity contribution in [1.29, 1.82) is 0 Å². The fraction of sp³-hybridized carbons (Fsp3) is 0.214. The fourth-order valence-electron chi connectivity index (χ4n) is 1.97. The van der Waals surface area contributed by atoms with Crippen molar-refractivity contribution in [2.75, 3.05) is 4.72 Å². The molecule has 1 aromatic carbocycles. The summed E-state index contributed by atoms with van der Waals surface area (Å²) in [5, 5.41) is 0. The fourth-order valence-corrected chi connectivity index (χ4v) is 3.08. The van der Waals surface area contributed by atoms with E-state index in [4.69, 9.17) is 5.73 Å². The van der Waals surface area contributed by atoms with Crippen LogP contribution in [0.5, 0.6) is 0 Å². The van der Waals surface area contributed by atoms with Crippen molar-refractivity contribution in [1.82, 2.24) is 4.98 Å². The van der Waals surface area contributed by atoms with E-state index in [9.17, 15) is 12.8 Å². The largest absolute Gasteiger partial charge is 0.326 e. The van der Waals surface area contributed by atoms with E-state index < -0.39 is 15.8 Å². The molecule has 0 amide bonds. The Morgan fingerprint density at radius 2 is 2.05 bits per heavy atom. The number of hydrogen-bond donors (Lipinski definition) is 2. The number of anilines is 1. The van der Waals surface area contributed by atoms with Crippen LogP contribution in [0.4, 0.5) is 10.1 Å². The molecule has 21 heavy (non-hydrogen) atoms. The summed E-state index contributed by atoms with van der Waals surface area (Å²) in [6, 6.07) is 5.98. The number of halogens is 1. The SMILES string of the molecule is CCc1ccc(S(=O)(=O)Nc2ccncc2F)cc1CN. The molecule has 3 N–H and O–H groups in total. The predicted molar refractivity (Wildman–Crippen MR) is 78.7 cm³/mol. The Balaban J connectivity index is 2.38. The molecule has 0 radical (unpaired) electrons. The van der Waals surface area contributed by atoms with Crippen LogP contribution < -0.4 is 10.5 Å². The monoisotopic (exact) mass is 309 g/mol. The number of nitrogens with zero attached hydrogens (tertiary/aromatic N) is 1. The number of rotatable bonds is 5. The molecule has 0 unspecified atom stereocenters. The first-order valence-electron chi connectivity index (χ1n) is 6.42. The molecule has 0 bridgehead atoms. The van der Waals surface area contributed by atoms with E-state index in [2.05, 4.69) is 9.71 Å². The second kappa shape index (κ2) is 6.19. The van der Waals surface area contributed by atoms with Crippen LogP contribution in [0.15, 0.2) is 41.6 Å². The molecule has 2 rings (SSSR count). The first-order valence-corrected chi connectivity index (χ1v) is 7.90. The van der Waals surface area contributed by atoms with E-state index in [1.54, 1.807) is 6.07 Å². The van der Waals surface area contributed by atoms with Gasteiger partial charge in [-0.3, -0.25) is 9.71 Å². The zero-order valence-electron chi connectivity index (χ0n) is 11.5. The summed E-state index contributed by atoms with van der Waals surface area (Å²) in [6.07, 6.45) is 3.02. The van der Waals surface area contributed by atoms with Gasteiger partial charge in [0.2, 0.25) is 0 Å². The van der Waals surface area contributed by atoms with E-state index in [1.165, 1.54) is 24.4 Å². The van der Waals surface area contributed by atoms with Gasteiger partial charge in [-0.05, 0) is 35.7 Å². The van der Waals surface area contributed by atoms with Crippen LogP contribution in [-0.2, 0) is 23.0 Å². The second-order valence-electron chi connectivity index (χ2n) is 4.45. The molecule has 5 nitrogen and oxygen atoms in total. The molecule has 0 aliphatic rings. The van der Waals surface area contributed by atoms with Gasteiger partial charge >= 0.3 is 0 Å². The number of aromatic nitrogens is 1. The van der Waals surface area contributed by atoms with Gasteiger partial charge in [0.1, 0.15) is 0 Å². The minimum Gasteiger partial charge on any atom is -0.326 e.